The van der Waals surface area contributed by atoms with E-state index < -0.39 is 0 Å². The van der Waals surface area contributed by atoms with Crippen LogP contribution in [0.5, 0.6) is 0 Å². The molecule has 4 heteroatoms. The summed E-state index contributed by atoms with van der Waals surface area (Å²) in [4.78, 5) is 12.3. The van der Waals surface area contributed by atoms with Gasteiger partial charge in [-0.1, -0.05) is 48.5 Å². The van der Waals surface area contributed by atoms with E-state index >= 15 is 0 Å². The predicted octanol–water partition coefficient (Wildman–Crippen LogP) is 3.31. The van der Waals surface area contributed by atoms with Gasteiger partial charge in [-0.05, 0) is 31.4 Å². The minimum Gasteiger partial charge on any atom is -0.348 e. The molecular weight excluding hydrogens is 274 g/mol. The molecule has 0 bridgehead atoms. The van der Waals surface area contributed by atoms with E-state index in [2.05, 4.69) is 27.6 Å². The van der Waals surface area contributed by atoms with Crippen LogP contribution in [-0.4, -0.2) is 22.1 Å². The summed E-state index contributed by atoms with van der Waals surface area (Å²) in [5, 5.41) is 10.9. The lowest BCUT2D eigenvalue weighted by Crippen LogP contribution is -2.33. The van der Waals surface area contributed by atoms with E-state index in [1.807, 2.05) is 49.4 Å². The van der Waals surface area contributed by atoms with Crippen LogP contribution < -0.4 is 5.32 Å². The van der Waals surface area contributed by atoms with Gasteiger partial charge in [0.1, 0.15) is 0 Å². The highest BCUT2D eigenvalue weighted by Crippen LogP contribution is 2.15. The monoisotopic (exact) mass is 293 g/mol. The van der Waals surface area contributed by atoms with Crippen LogP contribution in [0.2, 0.25) is 0 Å². The van der Waals surface area contributed by atoms with Gasteiger partial charge in [0.05, 0.1) is 5.52 Å². The number of hydrogen-bond acceptors (Lipinski definition) is 2. The second-order valence-corrected chi connectivity index (χ2v) is 5.52. The molecule has 0 radical (unpaired) electrons. The average Bonchev–Trinajstić information content (AvgIpc) is 2.98. The van der Waals surface area contributed by atoms with Gasteiger partial charge in [0.15, 0.2) is 5.69 Å². The number of hydrogen-bond donors (Lipinski definition) is 2. The van der Waals surface area contributed by atoms with Gasteiger partial charge < -0.3 is 5.32 Å². The first kappa shape index (κ1) is 14.3. The van der Waals surface area contributed by atoms with Gasteiger partial charge in [-0.25, -0.2) is 0 Å². The van der Waals surface area contributed by atoms with E-state index in [1.165, 1.54) is 5.56 Å². The summed E-state index contributed by atoms with van der Waals surface area (Å²) in [7, 11) is 0. The highest BCUT2D eigenvalue weighted by atomic mass is 16.2. The van der Waals surface area contributed by atoms with E-state index in [1.54, 1.807) is 0 Å². The lowest BCUT2D eigenvalue weighted by molar-refractivity contribution is 0.0935. The molecule has 1 aromatic heterocycles. The molecule has 4 nitrogen and oxygen atoms in total. The van der Waals surface area contributed by atoms with Gasteiger partial charge in [-0.2, -0.15) is 5.10 Å². The Kier molecular flexibility index (Phi) is 4.19. The highest BCUT2D eigenvalue weighted by Gasteiger charge is 2.15. The number of amides is 1. The summed E-state index contributed by atoms with van der Waals surface area (Å²) in [6.07, 6.45) is 1.85. The number of para-hydroxylation sites is 1. The van der Waals surface area contributed by atoms with Gasteiger partial charge in [-0.3, -0.25) is 9.89 Å². The molecule has 0 aliphatic rings. The van der Waals surface area contributed by atoms with Crippen molar-refractivity contribution in [3.63, 3.8) is 0 Å². The Morgan fingerprint density at radius 2 is 1.86 bits per heavy atom. The summed E-state index contributed by atoms with van der Waals surface area (Å²) in [6, 6.07) is 18.0. The van der Waals surface area contributed by atoms with Crippen molar-refractivity contribution in [1.29, 1.82) is 0 Å². The van der Waals surface area contributed by atoms with Crippen LogP contribution in [-0.2, 0) is 6.42 Å². The molecule has 1 unspecified atom stereocenters. The predicted molar refractivity (Wildman–Crippen MR) is 87.8 cm³/mol. The number of rotatable bonds is 5. The van der Waals surface area contributed by atoms with Crippen molar-refractivity contribution < 1.29 is 4.79 Å². The van der Waals surface area contributed by atoms with Gasteiger partial charge in [0.25, 0.3) is 5.91 Å². The number of aryl methyl sites for hydroxylation is 1. The second-order valence-electron chi connectivity index (χ2n) is 5.52. The fourth-order valence-corrected chi connectivity index (χ4v) is 2.53. The van der Waals surface area contributed by atoms with E-state index in [0.29, 0.717) is 5.69 Å². The Labute approximate surface area is 129 Å². The Balaban J connectivity index is 1.61. The number of fused-ring (bicyclic) bond motifs is 1. The number of nitrogens with one attached hydrogen (secondary N) is 2. The molecular formula is C18H19N3O. The highest BCUT2D eigenvalue weighted by molar-refractivity contribution is 6.04. The normalized spacial score (nSPS) is 12.2. The molecule has 1 atom stereocenters. The van der Waals surface area contributed by atoms with Gasteiger partial charge in [0, 0.05) is 11.4 Å². The summed E-state index contributed by atoms with van der Waals surface area (Å²) in [6.45, 7) is 2.02. The maximum Gasteiger partial charge on any atom is 0.272 e. The van der Waals surface area contributed by atoms with E-state index in [4.69, 9.17) is 0 Å². The maximum atomic E-state index is 12.3. The summed E-state index contributed by atoms with van der Waals surface area (Å²) in [5.74, 6) is -0.127. The molecule has 0 saturated carbocycles. The van der Waals surface area contributed by atoms with Crippen molar-refractivity contribution in [2.24, 2.45) is 0 Å². The van der Waals surface area contributed by atoms with Crippen LogP contribution in [0.3, 0.4) is 0 Å². The zero-order chi connectivity index (χ0) is 15.4. The number of aromatic nitrogens is 2. The molecule has 1 amide bonds. The first-order chi connectivity index (χ1) is 10.7. The zero-order valence-electron chi connectivity index (χ0n) is 12.5. The molecule has 0 aliphatic heterocycles. The lowest BCUT2D eigenvalue weighted by atomic mass is 10.1. The third kappa shape index (κ3) is 3.17. The standard InChI is InChI=1S/C18H19N3O/c1-13(11-12-14-7-3-2-4-8-14)19-18(22)17-15-9-5-6-10-16(15)20-21-17/h2-10,13H,11-12H2,1H3,(H,19,22)(H,20,21). The number of aromatic amines is 1. The molecule has 0 saturated heterocycles. The Bertz CT molecular complexity index is 764. The molecule has 3 aromatic rings. The molecule has 3 rings (SSSR count). The van der Waals surface area contributed by atoms with Crippen molar-refractivity contribution in [2.45, 2.75) is 25.8 Å². The Hall–Kier alpha value is -2.62. The quantitative estimate of drug-likeness (QED) is 0.758. The van der Waals surface area contributed by atoms with Crippen molar-refractivity contribution in [1.82, 2.24) is 15.5 Å². The number of carbonyl (C=O) groups excluding carboxylic acids is 1. The van der Waals surface area contributed by atoms with E-state index in [0.717, 1.165) is 23.7 Å². The maximum absolute atomic E-state index is 12.3. The van der Waals surface area contributed by atoms with Crippen molar-refractivity contribution in [3.8, 4) is 0 Å². The number of benzene rings is 2. The number of nitrogens with zero attached hydrogens (tertiary/aromatic N) is 1. The van der Waals surface area contributed by atoms with Crippen LogP contribution in [0, 0.1) is 0 Å². The molecule has 0 aliphatic carbocycles. The Morgan fingerprint density at radius 1 is 1.14 bits per heavy atom. The van der Waals surface area contributed by atoms with Gasteiger partial charge in [0.2, 0.25) is 0 Å². The molecule has 22 heavy (non-hydrogen) atoms. The van der Waals surface area contributed by atoms with Crippen LogP contribution in [0.15, 0.2) is 54.6 Å². The smallest absolute Gasteiger partial charge is 0.272 e. The Morgan fingerprint density at radius 3 is 2.68 bits per heavy atom. The average molecular weight is 293 g/mol. The fraction of sp³-hybridized carbons (Fsp3) is 0.222. The SMILES string of the molecule is CC(CCc1ccccc1)NC(=O)c1n[nH]c2ccccc12. The molecule has 2 N–H and O–H groups in total. The van der Waals surface area contributed by atoms with E-state index in [-0.39, 0.29) is 11.9 Å². The van der Waals surface area contributed by atoms with Crippen molar-refractivity contribution in [3.05, 3.63) is 65.9 Å². The topological polar surface area (TPSA) is 57.8 Å². The number of H-pyrrole nitrogens is 1. The lowest BCUT2D eigenvalue weighted by Gasteiger charge is -2.13. The summed E-state index contributed by atoms with van der Waals surface area (Å²) < 4.78 is 0. The third-order valence-corrected chi connectivity index (χ3v) is 3.77. The molecule has 2 aromatic carbocycles. The largest absolute Gasteiger partial charge is 0.348 e. The molecule has 0 spiro atoms. The van der Waals surface area contributed by atoms with Crippen molar-refractivity contribution >= 4 is 16.8 Å². The fourth-order valence-electron chi connectivity index (χ4n) is 2.53. The van der Waals surface area contributed by atoms with E-state index in [9.17, 15) is 4.79 Å². The minimum atomic E-state index is -0.127. The summed E-state index contributed by atoms with van der Waals surface area (Å²) >= 11 is 0. The molecule has 112 valence electrons. The number of carbonyl (C=O) groups is 1. The van der Waals surface area contributed by atoms with Crippen LogP contribution >= 0.6 is 0 Å². The van der Waals surface area contributed by atoms with Crippen molar-refractivity contribution in [2.75, 3.05) is 0 Å². The summed E-state index contributed by atoms with van der Waals surface area (Å²) in [5.41, 5.74) is 2.63. The second kappa shape index (κ2) is 6.43. The zero-order valence-corrected chi connectivity index (χ0v) is 12.5. The van der Waals surface area contributed by atoms with Gasteiger partial charge >= 0.3 is 0 Å². The minimum absolute atomic E-state index is 0.100. The molecule has 1 heterocycles. The van der Waals surface area contributed by atoms with Crippen LogP contribution in [0.1, 0.15) is 29.4 Å². The van der Waals surface area contributed by atoms with Crippen LogP contribution in [0.25, 0.3) is 10.9 Å². The van der Waals surface area contributed by atoms with Crippen LogP contribution in [0.4, 0.5) is 0 Å². The first-order valence-electron chi connectivity index (χ1n) is 7.52. The first-order valence-corrected chi connectivity index (χ1v) is 7.52. The van der Waals surface area contributed by atoms with Gasteiger partial charge in [-0.15, -0.1) is 0 Å². The molecule has 0 fully saturated rings. The third-order valence-electron chi connectivity index (χ3n) is 3.77.